The van der Waals surface area contributed by atoms with Crippen molar-refractivity contribution in [1.82, 2.24) is 14.9 Å². The molecule has 3 heterocycles. The van der Waals surface area contributed by atoms with Crippen LogP contribution in [0.1, 0.15) is 26.5 Å². The van der Waals surface area contributed by atoms with Crippen LogP contribution >= 0.6 is 11.3 Å². The molecule has 0 aliphatic carbocycles. The van der Waals surface area contributed by atoms with Crippen LogP contribution < -0.4 is 10.6 Å². The van der Waals surface area contributed by atoms with E-state index in [0.717, 1.165) is 30.0 Å². The quantitative estimate of drug-likeness (QED) is 0.871. The van der Waals surface area contributed by atoms with Crippen LogP contribution in [0.25, 0.3) is 0 Å². The lowest BCUT2D eigenvalue weighted by Gasteiger charge is -2.11. The predicted molar refractivity (Wildman–Crippen MR) is 75.6 cm³/mol. The summed E-state index contributed by atoms with van der Waals surface area (Å²) in [6.45, 7) is 1.63. The number of rotatable bonds is 2. The van der Waals surface area contributed by atoms with Crippen LogP contribution in [-0.2, 0) is 20.0 Å². The van der Waals surface area contributed by atoms with Gasteiger partial charge in [-0.2, -0.15) is 5.26 Å². The lowest BCUT2D eigenvalue weighted by molar-refractivity contribution is 0.101. The molecule has 0 saturated carbocycles. The van der Waals surface area contributed by atoms with Crippen molar-refractivity contribution in [2.24, 2.45) is 7.05 Å². The van der Waals surface area contributed by atoms with Gasteiger partial charge in [-0.1, -0.05) is 0 Å². The molecule has 3 rings (SSSR count). The normalized spacial score (nSPS) is 13.6. The number of thiophene rings is 1. The van der Waals surface area contributed by atoms with E-state index in [1.165, 1.54) is 17.5 Å². The SMILES string of the molecule is Cn1cncc1C(=O)Nc1sc2c(c1C#N)CCNC2. The van der Waals surface area contributed by atoms with Crippen LogP contribution in [0.2, 0.25) is 0 Å². The molecule has 102 valence electrons. The summed E-state index contributed by atoms with van der Waals surface area (Å²) < 4.78 is 1.65. The molecule has 6 nitrogen and oxygen atoms in total. The number of carbonyl (C=O) groups excluding carboxylic acids is 1. The Kier molecular flexibility index (Phi) is 3.26. The van der Waals surface area contributed by atoms with E-state index in [1.54, 1.807) is 17.9 Å². The van der Waals surface area contributed by atoms with E-state index in [-0.39, 0.29) is 5.91 Å². The Morgan fingerprint density at radius 3 is 3.20 bits per heavy atom. The first-order valence-corrected chi connectivity index (χ1v) is 7.05. The first-order chi connectivity index (χ1) is 9.70. The highest BCUT2D eigenvalue weighted by atomic mass is 32.1. The van der Waals surface area contributed by atoms with Gasteiger partial charge in [-0.05, 0) is 18.5 Å². The fourth-order valence-electron chi connectivity index (χ4n) is 2.28. The molecule has 0 atom stereocenters. The number of amides is 1. The van der Waals surface area contributed by atoms with Crippen molar-refractivity contribution >= 4 is 22.2 Å². The third-order valence-corrected chi connectivity index (χ3v) is 4.46. The Balaban J connectivity index is 1.92. The zero-order valence-electron chi connectivity index (χ0n) is 10.9. The zero-order chi connectivity index (χ0) is 14.1. The monoisotopic (exact) mass is 287 g/mol. The standard InChI is InChI=1S/C13H13N5OS/c1-18-7-16-5-10(18)12(19)17-13-9(4-14)8-2-3-15-6-11(8)20-13/h5,7,15H,2-3,6H2,1H3,(H,17,19). The molecule has 20 heavy (non-hydrogen) atoms. The second-order valence-corrected chi connectivity index (χ2v) is 5.70. The molecule has 1 amide bonds. The Hall–Kier alpha value is -2.17. The summed E-state index contributed by atoms with van der Waals surface area (Å²) in [5.41, 5.74) is 2.14. The maximum Gasteiger partial charge on any atom is 0.274 e. The molecule has 0 saturated heterocycles. The number of fused-ring (bicyclic) bond motifs is 1. The van der Waals surface area contributed by atoms with Crippen molar-refractivity contribution in [3.63, 3.8) is 0 Å². The molecular formula is C13H13N5OS. The number of hydrogen-bond acceptors (Lipinski definition) is 5. The van der Waals surface area contributed by atoms with E-state index in [0.29, 0.717) is 16.3 Å². The van der Waals surface area contributed by atoms with E-state index >= 15 is 0 Å². The zero-order valence-corrected chi connectivity index (χ0v) is 11.8. The first kappa shape index (κ1) is 12.8. The van der Waals surface area contributed by atoms with Gasteiger partial charge in [-0.3, -0.25) is 4.79 Å². The third-order valence-electron chi connectivity index (χ3n) is 3.32. The summed E-state index contributed by atoms with van der Waals surface area (Å²) in [6, 6.07) is 2.21. The predicted octanol–water partition coefficient (Wildman–Crippen LogP) is 1.25. The second-order valence-electron chi connectivity index (χ2n) is 4.59. The van der Waals surface area contributed by atoms with Gasteiger partial charge in [0.1, 0.15) is 16.8 Å². The van der Waals surface area contributed by atoms with Crippen molar-refractivity contribution in [2.75, 3.05) is 11.9 Å². The van der Waals surface area contributed by atoms with Crippen LogP contribution in [0.15, 0.2) is 12.5 Å². The topological polar surface area (TPSA) is 82.7 Å². The summed E-state index contributed by atoms with van der Waals surface area (Å²) in [6.07, 6.45) is 3.91. The number of carbonyl (C=O) groups is 1. The minimum Gasteiger partial charge on any atom is -0.330 e. The van der Waals surface area contributed by atoms with Crippen LogP contribution in [0, 0.1) is 11.3 Å². The Bertz CT molecular complexity index is 709. The van der Waals surface area contributed by atoms with Gasteiger partial charge in [0.2, 0.25) is 0 Å². The van der Waals surface area contributed by atoms with Crippen LogP contribution in [0.3, 0.4) is 0 Å². The van der Waals surface area contributed by atoms with Crippen molar-refractivity contribution in [3.05, 3.63) is 34.2 Å². The largest absolute Gasteiger partial charge is 0.330 e. The summed E-state index contributed by atoms with van der Waals surface area (Å²) in [7, 11) is 1.76. The summed E-state index contributed by atoms with van der Waals surface area (Å²) in [5, 5.41) is 16.1. The van der Waals surface area contributed by atoms with E-state index in [1.807, 2.05) is 0 Å². The maximum atomic E-state index is 12.2. The first-order valence-electron chi connectivity index (χ1n) is 6.23. The number of nitriles is 1. The van der Waals surface area contributed by atoms with Crippen LogP contribution in [0.4, 0.5) is 5.00 Å². The molecule has 2 N–H and O–H groups in total. The Morgan fingerprint density at radius 1 is 1.65 bits per heavy atom. The average molecular weight is 287 g/mol. The lowest BCUT2D eigenvalue weighted by Crippen LogP contribution is -2.22. The van der Waals surface area contributed by atoms with Crippen molar-refractivity contribution in [3.8, 4) is 6.07 Å². The van der Waals surface area contributed by atoms with Crippen molar-refractivity contribution in [2.45, 2.75) is 13.0 Å². The van der Waals surface area contributed by atoms with Gasteiger partial charge in [0.25, 0.3) is 5.91 Å². The lowest BCUT2D eigenvalue weighted by atomic mass is 10.1. The summed E-state index contributed by atoms with van der Waals surface area (Å²) in [5.74, 6) is -0.243. The minimum absolute atomic E-state index is 0.243. The number of hydrogen-bond donors (Lipinski definition) is 2. The Morgan fingerprint density at radius 2 is 2.50 bits per heavy atom. The van der Waals surface area contributed by atoms with E-state index in [2.05, 4.69) is 21.7 Å². The van der Waals surface area contributed by atoms with E-state index in [4.69, 9.17) is 0 Å². The van der Waals surface area contributed by atoms with Gasteiger partial charge in [-0.15, -0.1) is 11.3 Å². The van der Waals surface area contributed by atoms with E-state index in [9.17, 15) is 10.1 Å². The maximum absolute atomic E-state index is 12.2. The highest BCUT2D eigenvalue weighted by Crippen LogP contribution is 2.34. The molecular weight excluding hydrogens is 274 g/mol. The molecule has 2 aromatic heterocycles. The number of nitrogens with one attached hydrogen (secondary N) is 2. The van der Waals surface area contributed by atoms with Crippen molar-refractivity contribution in [1.29, 1.82) is 5.26 Å². The molecule has 0 aromatic carbocycles. The second kappa shape index (κ2) is 5.07. The molecule has 0 spiro atoms. The number of aromatic nitrogens is 2. The molecule has 2 aromatic rings. The third kappa shape index (κ3) is 2.09. The number of imidazole rings is 1. The number of aryl methyl sites for hydroxylation is 1. The molecule has 0 bridgehead atoms. The molecule has 7 heteroatoms. The Labute approximate surface area is 120 Å². The molecule has 0 fully saturated rings. The summed E-state index contributed by atoms with van der Waals surface area (Å²) in [4.78, 5) is 17.2. The molecule has 0 radical (unpaired) electrons. The van der Waals surface area contributed by atoms with Gasteiger partial charge in [0.15, 0.2) is 0 Å². The number of anilines is 1. The van der Waals surface area contributed by atoms with Gasteiger partial charge in [-0.25, -0.2) is 4.98 Å². The molecule has 1 aliphatic heterocycles. The fourth-order valence-corrected chi connectivity index (χ4v) is 3.45. The molecule has 1 aliphatic rings. The average Bonchev–Trinajstić information content (AvgIpc) is 3.01. The summed E-state index contributed by atoms with van der Waals surface area (Å²) >= 11 is 1.47. The van der Waals surface area contributed by atoms with Gasteiger partial charge >= 0.3 is 0 Å². The van der Waals surface area contributed by atoms with Crippen LogP contribution in [0.5, 0.6) is 0 Å². The highest BCUT2D eigenvalue weighted by Gasteiger charge is 2.22. The fraction of sp³-hybridized carbons (Fsp3) is 0.308. The van der Waals surface area contributed by atoms with Gasteiger partial charge in [0.05, 0.1) is 18.1 Å². The smallest absolute Gasteiger partial charge is 0.274 e. The van der Waals surface area contributed by atoms with E-state index < -0.39 is 0 Å². The highest BCUT2D eigenvalue weighted by molar-refractivity contribution is 7.16. The van der Waals surface area contributed by atoms with Crippen LogP contribution in [-0.4, -0.2) is 22.0 Å². The minimum atomic E-state index is -0.243. The number of nitrogens with zero attached hydrogens (tertiary/aromatic N) is 3. The van der Waals surface area contributed by atoms with Gasteiger partial charge < -0.3 is 15.2 Å². The molecule has 0 unspecified atom stereocenters. The van der Waals surface area contributed by atoms with Crippen molar-refractivity contribution < 1.29 is 4.79 Å². The van der Waals surface area contributed by atoms with Gasteiger partial charge in [0, 0.05) is 18.5 Å².